The van der Waals surface area contributed by atoms with Crippen molar-refractivity contribution in [2.24, 2.45) is 0 Å². The maximum atomic E-state index is 12.1. The number of amides is 1. The van der Waals surface area contributed by atoms with Crippen molar-refractivity contribution in [3.05, 3.63) is 81.2 Å². The van der Waals surface area contributed by atoms with Gasteiger partial charge in [0.15, 0.2) is 0 Å². The molecule has 3 aromatic rings. The maximum Gasteiger partial charge on any atom is 0.269 e. The normalized spacial score (nSPS) is 10.5. The monoisotopic (exact) mass is 381 g/mol. The molecule has 0 saturated heterocycles. The number of aromatic nitrogens is 1. The number of nitro groups is 1. The van der Waals surface area contributed by atoms with Crippen LogP contribution >= 0.6 is 0 Å². The Hall–Kier alpha value is -3.68. The minimum absolute atomic E-state index is 0.0230. The van der Waals surface area contributed by atoms with Crippen LogP contribution in [0.1, 0.15) is 22.6 Å². The SMILES string of the molecule is Cc1noc(C)c1COc1ccc(CC(=O)Nc2ccc([N+](=O)[O-])cc2)cc1. The predicted octanol–water partition coefficient (Wildman–Crippen LogP) is 3.96. The van der Waals surface area contributed by atoms with Gasteiger partial charge in [-0.05, 0) is 43.7 Å². The van der Waals surface area contributed by atoms with Gasteiger partial charge in [-0.15, -0.1) is 0 Å². The lowest BCUT2D eigenvalue weighted by atomic mass is 10.1. The second-order valence-electron chi connectivity index (χ2n) is 6.26. The second-order valence-corrected chi connectivity index (χ2v) is 6.26. The molecule has 28 heavy (non-hydrogen) atoms. The second kappa shape index (κ2) is 8.34. The molecule has 0 saturated carbocycles. The van der Waals surface area contributed by atoms with Gasteiger partial charge in [0.1, 0.15) is 18.1 Å². The van der Waals surface area contributed by atoms with Gasteiger partial charge in [0.25, 0.3) is 5.69 Å². The van der Waals surface area contributed by atoms with Crippen molar-refractivity contribution < 1.29 is 19.0 Å². The summed E-state index contributed by atoms with van der Waals surface area (Å²) < 4.78 is 10.8. The molecule has 0 bridgehead atoms. The van der Waals surface area contributed by atoms with Crippen LogP contribution < -0.4 is 10.1 Å². The largest absolute Gasteiger partial charge is 0.489 e. The summed E-state index contributed by atoms with van der Waals surface area (Å²) in [6.45, 7) is 4.06. The Kier molecular flexibility index (Phi) is 5.69. The fraction of sp³-hybridized carbons (Fsp3) is 0.200. The maximum absolute atomic E-state index is 12.1. The van der Waals surface area contributed by atoms with E-state index >= 15 is 0 Å². The fourth-order valence-electron chi connectivity index (χ4n) is 2.62. The van der Waals surface area contributed by atoms with Crippen molar-refractivity contribution in [2.75, 3.05) is 5.32 Å². The molecule has 0 fully saturated rings. The van der Waals surface area contributed by atoms with Crippen LogP contribution in [0.25, 0.3) is 0 Å². The Balaban J connectivity index is 1.53. The highest BCUT2D eigenvalue weighted by atomic mass is 16.6. The third-order valence-corrected chi connectivity index (χ3v) is 4.21. The molecule has 8 nitrogen and oxygen atoms in total. The summed E-state index contributed by atoms with van der Waals surface area (Å²) in [5.41, 5.74) is 3.04. The molecule has 1 aromatic heterocycles. The molecule has 0 aliphatic heterocycles. The van der Waals surface area contributed by atoms with E-state index in [0.717, 1.165) is 22.6 Å². The Morgan fingerprint density at radius 2 is 1.82 bits per heavy atom. The van der Waals surface area contributed by atoms with Crippen molar-refractivity contribution in [1.29, 1.82) is 0 Å². The van der Waals surface area contributed by atoms with Crippen molar-refractivity contribution in [3.63, 3.8) is 0 Å². The van der Waals surface area contributed by atoms with E-state index in [9.17, 15) is 14.9 Å². The minimum atomic E-state index is -0.485. The first kappa shape index (κ1) is 19.1. The quantitative estimate of drug-likeness (QED) is 0.490. The molecule has 0 aliphatic carbocycles. The molecule has 3 rings (SSSR count). The zero-order valence-electron chi connectivity index (χ0n) is 15.5. The van der Waals surface area contributed by atoms with E-state index in [0.29, 0.717) is 18.0 Å². The number of nitrogens with zero attached hydrogens (tertiary/aromatic N) is 2. The summed E-state index contributed by atoms with van der Waals surface area (Å²) in [6.07, 6.45) is 0.182. The summed E-state index contributed by atoms with van der Waals surface area (Å²) >= 11 is 0. The zero-order chi connectivity index (χ0) is 20.1. The number of ether oxygens (including phenoxy) is 1. The summed E-state index contributed by atoms with van der Waals surface area (Å²) in [7, 11) is 0. The van der Waals surface area contributed by atoms with Gasteiger partial charge in [-0.2, -0.15) is 0 Å². The molecule has 1 N–H and O–H groups in total. The molecule has 8 heteroatoms. The van der Waals surface area contributed by atoms with Crippen LogP contribution in [-0.4, -0.2) is 16.0 Å². The highest BCUT2D eigenvalue weighted by molar-refractivity contribution is 5.92. The Labute approximate surface area is 161 Å². The van der Waals surface area contributed by atoms with E-state index in [2.05, 4.69) is 10.5 Å². The van der Waals surface area contributed by atoms with Crippen LogP contribution in [0.2, 0.25) is 0 Å². The highest BCUT2D eigenvalue weighted by Crippen LogP contribution is 2.19. The van der Waals surface area contributed by atoms with Gasteiger partial charge in [-0.1, -0.05) is 17.3 Å². The molecule has 1 heterocycles. The van der Waals surface area contributed by atoms with Crippen molar-refractivity contribution in [2.45, 2.75) is 26.9 Å². The Morgan fingerprint density at radius 3 is 2.39 bits per heavy atom. The molecule has 1 amide bonds. The van der Waals surface area contributed by atoms with Gasteiger partial charge in [-0.3, -0.25) is 14.9 Å². The third-order valence-electron chi connectivity index (χ3n) is 4.21. The first-order chi connectivity index (χ1) is 13.4. The van der Waals surface area contributed by atoms with Crippen LogP contribution in [0.15, 0.2) is 53.1 Å². The third kappa shape index (κ3) is 4.73. The van der Waals surface area contributed by atoms with E-state index in [1.165, 1.54) is 24.3 Å². The molecule has 0 atom stereocenters. The summed E-state index contributed by atoms with van der Waals surface area (Å²) in [4.78, 5) is 22.3. The average Bonchev–Trinajstić information content (AvgIpc) is 2.99. The molecule has 144 valence electrons. The number of anilines is 1. The number of hydrogen-bond acceptors (Lipinski definition) is 6. The Bertz CT molecular complexity index is 959. The summed E-state index contributed by atoms with van der Waals surface area (Å²) in [6, 6.07) is 12.9. The molecule has 2 aromatic carbocycles. The number of benzene rings is 2. The van der Waals surface area contributed by atoms with Crippen molar-refractivity contribution >= 4 is 17.3 Å². The topological polar surface area (TPSA) is 108 Å². The smallest absolute Gasteiger partial charge is 0.269 e. The molecule has 0 radical (unpaired) electrons. The van der Waals surface area contributed by atoms with Crippen LogP contribution in [-0.2, 0) is 17.8 Å². The number of carbonyl (C=O) groups is 1. The van der Waals surface area contributed by atoms with Gasteiger partial charge in [-0.25, -0.2) is 0 Å². The lowest BCUT2D eigenvalue weighted by Gasteiger charge is -2.08. The lowest BCUT2D eigenvalue weighted by Crippen LogP contribution is -2.14. The van der Waals surface area contributed by atoms with Gasteiger partial charge >= 0.3 is 0 Å². The van der Waals surface area contributed by atoms with Crippen molar-refractivity contribution in [3.8, 4) is 5.75 Å². The summed E-state index contributed by atoms with van der Waals surface area (Å²) in [5.74, 6) is 1.20. The molecule has 0 spiro atoms. The number of hydrogen-bond donors (Lipinski definition) is 1. The van der Waals surface area contributed by atoms with E-state index in [1.807, 2.05) is 26.0 Å². The van der Waals surface area contributed by atoms with Crippen molar-refractivity contribution in [1.82, 2.24) is 5.16 Å². The first-order valence-corrected chi connectivity index (χ1v) is 8.60. The highest BCUT2D eigenvalue weighted by Gasteiger charge is 2.10. The zero-order valence-corrected chi connectivity index (χ0v) is 15.5. The molecule has 0 unspecified atom stereocenters. The number of non-ortho nitro benzene ring substituents is 1. The number of rotatable bonds is 7. The molecular weight excluding hydrogens is 362 g/mol. The van der Waals surface area contributed by atoms with Gasteiger partial charge in [0, 0.05) is 17.8 Å². The van der Waals surface area contributed by atoms with Crippen LogP contribution in [0.3, 0.4) is 0 Å². The van der Waals surface area contributed by atoms with E-state index in [1.54, 1.807) is 12.1 Å². The average molecular weight is 381 g/mol. The predicted molar refractivity (Wildman–Crippen MR) is 102 cm³/mol. The fourth-order valence-corrected chi connectivity index (χ4v) is 2.62. The van der Waals surface area contributed by atoms with Gasteiger partial charge < -0.3 is 14.6 Å². The van der Waals surface area contributed by atoms with Crippen LogP contribution in [0, 0.1) is 24.0 Å². The van der Waals surface area contributed by atoms with E-state index < -0.39 is 4.92 Å². The molecular formula is C20H19N3O5. The van der Waals surface area contributed by atoms with Gasteiger partial charge in [0.05, 0.1) is 22.6 Å². The molecule has 0 aliphatic rings. The number of nitro benzene ring substituents is 1. The minimum Gasteiger partial charge on any atom is -0.489 e. The van der Waals surface area contributed by atoms with Crippen LogP contribution in [0.5, 0.6) is 5.75 Å². The van der Waals surface area contributed by atoms with Gasteiger partial charge in [0.2, 0.25) is 5.91 Å². The lowest BCUT2D eigenvalue weighted by molar-refractivity contribution is -0.384. The standard InChI is InChI=1S/C20H19N3O5/c1-13-19(14(2)28-22-13)12-27-18-9-3-15(4-10-18)11-20(24)21-16-5-7-17(8-6-16)23(25)26/h3-10H,11-12H2,1-2H3,(H,21,24). The first-order valence-electron chi connectivity index (χ1n) is 8.60. The Morgan fingerprint density at radius 1 is 1.14 bits per heavy atom. The summed E-state index contributed by atoms with van der Waals surface area (Å²) in [5, 5.41) is 17.3. The van der Waals surface area contributed by atoms with E-state index in [4.69, 9.17) is 9.26 Å². The van der Waals surface area contributed by atoms with E-state index in [-0.39, 0.29) is 18.0 Å². The van der Waals surface area contributed by atoms with Crippen LogP contribution in [0.4, 0.5) is 11.4 Å². The number of aryl methyl sites for hydroxylation is 2. The number of nitrogens with one attached hydrogen (secondary N) is 1. The number of carbonyl (C=O) groups excluding carboxylic acids is 1.